The molecule has 1 aliphatic rings. The molecule has 0 aromatic heterocycles. The molecule has 4 aromatic rings. The van der Waals surface area contributed by atoms with E-state index >= 15 is 0 Å². The van der Waals surface area contributed by atoms with Gasteiger partial charge in [0, 0.05) is 38.6 Å². The molecule has 1 heterocycles. The van der Waals surface area contributed by atoms with Gasteiger partial charge in [-0.1, -0.05) is 121 Å². The number of benzene rings is 4. The van der Waals surface area contributed by atoms with Crippen LogP contribution in [-0.4, -0.2) is 48.1 Å². The summed E-state index contributed by atoms with van der Waals surface area (Å²) < 4.78 is 0. The smallest absolute Gasteiger partial charge is 0.116 e. The van der Waals surface area contributed by atoms with Gasteiger partial charge in [0.25, 0.3) is 0 Å². The normalized spacial score (nSPS) is 18.4. The first-order chi connectivity index (χ1) is 18.1. The highest BCUT2D eigenvalue weighted by Gasteiger charge is 2.35. The van der Waals surface area contributed by atoms with Gasteiger partial charge in [0.2, 0.25) is 0 Å². The van der Waals surface area contributed by atoms with Crippen LogP contribution in [0.25, 0.3) is 0 Å². The molecule has 1 N–H and O–H groups in total. The van der Waals surface area contributed by atoms with Crippen LogP contribution in [0, 0.1) is 5.92 Å². The van der Waals surface area contributed by atoms with Crippen molar-refractivity contribution in [1.29, 1.82) is 0 Å². The van der Waals surface area contributed by atoms with Crippen molar-refractivity contribution < 1.29 is 5.11 Å². The highest BCUT2D eigenvalue weighted by molar-refractivity contribution is 5.36. The van der Waals surface area contributed by atoms with Crippen molar-refractivity contribution in [2.24, 2.45) is 5.92 Å². The molecule has 0 aliphatic carbocycles. The summed E-state index contributed by atoms with van der Waals surface area (Å²) in [5.41, 5.74) is 3.70. The summed E-state index contributed by atoms with van der Waals surface area (Å²) in [6.45, 7) is 4.98. The highest BCUT2D eigenvalue weighted by Crippen LogP contribution is 2.36. The fourth-order valence-corrected chi connectivity index (χ4v) is 5.92. The molecule has 0 bridgehead atoms. The number of hydrogen-bond donors (Lipinski definition) is 1. The van der Waals surface area contributed by atoms with Crippen molar-refractivity contribution in [3.63, 3.8) is 0 Å². The van der Waals surface area contributed by atoms with Crippen LogP contribution < -0.4 is 0 Å². The molecule has 3 nitrogen and oxygen atoms in total. The van der Waals surface area contributed by atoms with Crippen molar-refractivity contribution in [2.45, 2.75) is 24.5 Å². The van der Waals surface area contributed by atoms with Crippen molar-refractivity contribution in [3.8, 4) is 0 Å². The fourth-order valence-electron chi connectivity index (χ4n) is 5.92. The number of nitrogens with zero attached hydrogens (tertiary/aromatic N) is 2. The lowest BCUT2D eigenvalue weighted by atomic mass is 9.83. The molecule has 2 atom stereocenters. The summed E-state index contributed by atoms with van der Waals surface area (Å²) in [4.78, 5) is 5.03. The van der Waals surface area contributed by atoms with E-state index in [2.05, 4.69) is 77.5 Å². The molecule has 5 rings (SSSR count). The van der Waals surface area contributed by atoms with Gasteiger partial charge in [-0.25, -0.2) is 0 Å². The van der Waals surface area contributed by atoms with Crippen molar-refractivity contribution in [2.75, 3.05) is 33.2 Å². The molecule has 3 heteroatoms. The Kier molecular flexibility index (Phi) is 8.15. The average molecular weight is 491 g/mol. The molecule has 37 heavy (non-hydrogen) atoms. The minimum absolute atomic E-state index is 0.509. The van der Waals surface area contributed by atoms with E-state index in [1.54, 1.807) is 0 Å². The summed E-state index contributed by atoms with van der Waals surface area (Å²) in [6, 6.07) is 42.0. The summed E-state index contributed by atoms with van der Waals surface area (Å²) in [5, 5.41) is 12.0. The second-order valence-electron chi connectivity index (χ2n) is 10.6. The van der Waals surface area contributed by atoms with Crippen LogP contribution in [0.15, 0.2) is 121 Å². The molecule has 190 valence electrons. The first-order valence-corrected chi connectivity index (χ1v) is 13.4. The van der Waals surface area contributed by atoms with Crippen molar-refractivity contribution in [3.05, 3.63) is 144 Å². The predicted molar refractivity (Wildman–Crippen MR) is 152 cm³/mol. The second kappa shape index (κ2) is 11.9. The lowest BCUT2D eigenvalue weighted by Gasteiger charge is -2.32. The Labute approximate surface area is 222 Å². The Hall–Kier alpha value is -3.24. The van der Waals surface area contributed by atoms with Crippen molar-refractivity contribution in [1.82, 2.24) is 9.80 Å². The van der Waals surface area contributed by atoms with Crippen LogP contribution >= 0.6 is 0 Å². The minimum atomic E-state index is -1.01. The Bertz CT molecular complexity index is 1170. The van der Waals surface area contributed by atoms with Crippen LogP contribution in [0.2, 0.25) is 0 Å². The molecule has 4 aromatic carbocycles. The molecule has 1 saturated heterocycles. The van der Waals surface area contributed by atoms with Gasteiger partial charge >= 0.3 is 0 Å². The third-order valence-corrected chi connectivity index (χ3v) is 7.90. The monoisotopic (exact) mass is 490 g/mol. The summed E-state index contributed by atoms with van der Waals surface area (Å²) >= 11 is 0. The minimum Gasteiger partial charge on any atom is -0.380 e. The molecular formula is C34H38N2O. The molecule has 1 aliphatic heterocycles. The van der Waals surface area contributed by atoms with Crippen LogP contribution in [0.3, 0.4) is 0 Å². The fraction of sp³-hybridized carbons (Fsp3) is 0.294. The van der Waals surface area contributed by atoms with E-state index in [-0.39, 0.29) is 0 Å². The summed E-state index contributed by atoms with van der Waals surface area (Å²) in [5.74, 6) is 1.05. The molecule has 1 fully saturated rings. The van der Waals surface area contributed by atoms with Gasteiger partial charge in [-0.05, 0) is 41.6 Å². The summed E-state index contributed by atoms with van der Waals surface area (Å²) in [6.07, 6.45) is 0.647. The van der Waals surface area contributed by atoms with Gasteiger partial charge in [-0.15, -0.1) is 0 Å². The second-order valence-corrected chi connectivity index (χ2v) is 10.6. The Morgan fingerprint density at radius 2 is 1.24 bits per heavy atom. The number of likely N-dealkylation sites (tertiary alicyclic amines) is 1. The summed E-state index contributed by atoms with van der Waals surface area (Å²) in [7, 11) is 2.21. The van der Waals surface area contributed by atoms with Gasteiger partial charge in [0.15, 0.2) is 0 Å². The zero-order valence-corrected chi connectivity index (χ0v) is 21.8. The van der Waals surface area contributed by atoms with E-state index in [0.29, 0.717) is 18.3 Å². The van der Waals surface area contributed by atoms with Gasteiger partial charge in [-0.2, -0.15) is 0 Å². The number of rotatable bonds is 10. The quantitative estimate of drug-likeness (QED) is 0.288. The average Bonchev–Trinajstić information content (AvgIpc) is 3.35. The maximum Gasteiger partial charge on any atom is 0.116 e. The maximum atomic E-state index is 12.0. The lowest BCUT2D eigenvalue weighted by molar-refractivity contribution is 0.0585. The Morgan fingerprint density at radius 1 is 0.730 bits per heavy atom. The highest BCUT2D eigenvalue weighted by atomic mass is 16.3. The van der Waals surface area contributed by atoms with Gasteiger partial charge < -0.3 is 10.0 Å². The number of hydrogen-bond acceptors (Lipinski definition) is 3. The van der Waals surface area contributed by atoms with Gasteiger partial charge in [-0.3, -0.25) is 4.90 Å². The van der Waals surface area contributed by atoms with Crippen LogP contribution in [-0.2, 0) is 12.1 Å². The lowest BCUT2D eigenvalue weighted by Crippen LogP contribution is -2.36. The van der Waals surface area contributed by atoms with E-state index in [1.807, 2.05) is 60.7 Å². The molecule has 0 radical (unpaired) electrons. The molecule has 0 spiro atoms. The predicted octanol–water partition coefficient (Wildman–Crippen LogP) is 6.16. The van der Waals surface area contributed by atoms with Crippen LogP contribution in [0.1, 0.15) is 34.6 Å². The van der Waals surface area contributed by atoms with Crippen LogP contribution in [0.5, 0.6) is 0 Å². The third-order valence-electron chi connectivity index (χ3n) is 7.90. The molecule has 0 amide bonds. The SMILES string of the molecule is CN(CCC(O)(c1ccccc1)c1ccccc1)CC1CN(Cc2ccccc2)CC1c1ccccc1. The molecule has 0 saturated carbocycles. The van der Waals surface area contributed by atoms with E-state index in [0.717, 1.165) is 43.9 Å². The van der Waals surface area contributed by atoms with E-state index in [4.69, 9.17) is 0 Å². The molecular weight excluding hydrogens is 452 g/mol. The Morgan fingerprint density at radius 3 is 1.81 bits per heavy atom. The van der Waals surface area contributed by atoms with Gasteiger partial charge in [0.1, 0.15) is 5.60 Å². The Balaban J connectivity index is 1.29. The maximum absolute atomic E-state index is 12.0. The van der Waals surface area contributed by atoms with E-state index in [9.17, 15) is 5.11 Å². The molecule has 2 unspecified atom stereocenters. The number of aliphatic hydroxyl groups is 1. The zero-order valence-electron chi connectivity index (χ0n) is 21.8. The standard InChI is InChI=1S/C34H38N2O/c1-35(23-22-34(37,31-18-10-4-11-19-31)32-20-12-5-13-21-32)25-30-26-36(24-28-14-6-2-7-15-28)27-33(30)29-16-8-3-9-17-29/h2-21,30,33,37H,22-27H2,1H3. The first kappa shape index (κ1) is 25.4. The zero-order chi connectivity index (χ0) is 25.5. The third kappa shape index (κ3) is 6.19. The van der Waals surface area contributed by atoms with E-state index in [1.165, 1.54) is 11.1 Å². The van der Waals surface area contributed by atoms with E-state index < -0.39 is 5.60 Å². The van der Waals surface area contributed by atoms with Crippen LogP contribution in [0.4, 0.5) is 0 Å². The van der Waals surface area contributed by atoms with Gasteiger partial charge in [0.05, 0.1) is 0 Å². The van der Waals surface area contributed by atoms with Crippen molar-refractivity contribution >= 4 is 0 Å². The largest absolute Gasteiger partial charge is 0.380 e. The topological polar surface area (TPSA) is 26.7 Å². The first-order valence-electron chi connectivity index (χ1n) is 13.4.